The highest BCUT2D eigenvalue weighted by atomic mass is 15.2. The lowest BCUT2D eigenvalue weighted by molar-refractivity contribution is 1.20. The highest BCUT2D eigenvalue weighted by Gasteiger charge is 2.42. The van der Waals surface area contributed by atoms with Crippen LogP contribution in [0, 0.1) is 20.8 Å². The van der Waals surface area contributed by atoms with E-state index in [-0.39, 0.29) is 6.85 Å². The molecule has 8 rings (SSSR count). The van der Waals surface area contributed by atoms with Crippen LogP contribution in [0.3, 0.4) is 0 Å². The third kappa shape index (κ3) is 2.38. The van der Waals surface area contributed by atoms with Gasteiger partial charge in [-0.25, -0.2) is 0 Å². The number of benzene rings is 5. The van der Waals surface area contributed by atoms with Crippen LogP contribution in [0.25, 0.3) is 32.9 Å². The van der Waals surface area contributed by atoms with Gasteiger partial charge >= 0.3 is 6.85 Å². The number of fused-ring (bicyclic) bond motifs is 7. The predicted molar refractivity (Wildman–Crippen MR) is 154 cm³/mol. The molecule has 0 fully saturated rings. The van der Waals surface area contributed by atoms with E-state index in [1.54, 1.807) is 0 Å². The van der Waals surface area contributed by atoms with Gasteiger partial charge in [0.2, 0.25) is 0 Å². The Morgan fingerprint density at radius 1 is 0.611 bits per heavy atom. The minimum Gasteiger partial charge on any atom is -0.375 e. The predicted octanol–water partition coefficient (Wildman–Crippen LogP) is 7.14. The first-order chi connectivity index (χ1) is 17.6. The summed E-state index contributed by atoms with van der Waals surface area (Å²) in [7, 11) is 0. The van der Waals surface area contributed by atoms with E-state index < -0.39 is 0 Å². The topological polar surface area (TPSA) is 8.17 Å². The summed E-state index contributed by atoms with van der Waals surface area (Å²) in [5.41, 5.74) is 15.9. The van der Waals surface area contributed by atoms with Gasteiger partial charge in [-0.2, -0.15) is 0 Å². The molecule has 0 unspecified atom stereocenters. The van der Waals surface area contributed by atoms with E-state index in [0.717, 1.165) is 0 Å². The molecule has 0 atom stereocenters. The number of aromatic nitrogens is 1. The SMILES string of the molecule is Cc1cc(C)c(N2c3ccccc3B3c4c(cccc42)-c2cccc4c5ccccc5n3c24)c(C)c1. The molecular formula is C33H25BN2. The van der Waals surface area contributed by atoms with E-state index in [4.69, 9.17) is 0 Å². The van der Waals surface area contributed by atoms with E-state index in [1.807, 2.05) is 0 Å². The highest BCUT2D eigenvalue weighted by molar-refractivity contribution is 6.90. The van der Waals surface area contributed by atoms with Gasteiger partial charge in [-0.3, -0.25) is 0 Å². The molecule has 0 radical (unpaired) electrons. The minimum atomic E-state index is 0.131. The minimum absolute atomic E-state index is 0.131. The molecule has 2 aliphatic rings. The fraction of sp³-hybridized carbons (Fsp3) is 0.0909. The molecule has 6 aromatic rings. The van der Waals surface area contributed by atoms with E-state index in [9.17, 15) is 0 Å². The molecule has 0 amide bonds. The van der Waals surface area contributed by atoms with Gasteiger partial charge in [-0.15, -0.1) is 0 Å². The van der Waals surface area contributed by atoms with Crippen LogP contribution < -0.4 is 15.8 Å². The summed E-state index contributed by atoms with van der Waals surface area (Å²) in [4.78, 5) is 2.52. The summed E-state index contributed by atoms with van der Waals surface area (Å²) < 4.78 is 2.61. The van der Waals surface area contributed by atoms with Crippen molar-refractivity contribution in [2.24, 2.45) is 0 Å². The van der Waals surface area contributed by atoms with Crippen LogP contribution in [0.4, 0.5) is 17.1 Å². The first-order valence-corrected chi connectivity index (χ1v) is 12.8. The molecule has 1 aromatic heterocycles. The number of rotatable bonds is 1. The van der Waals surface area contributed by atoms with Gasteiger partial charge < -0.3 is 9.38 Å². The molecule has 0 saturated heterocycles. The Hall–Kier alpha value is -4.24. The zero-order valence-corrected chi connectivity index (χ0v) is 20.7. The van der Waals surface area contributed by atoms with Gasteiger partial charge in [0.05, 0.1) is 5.69 Å². The second-order valence-corrected chi connectivity index (χ2v) is 10.4. The van der Waals surface area contributed by atoms with E-state index in [1.165, 1.54) is 77.6 Å². The van der Waals surface area contributed by atoms with Crippen molar-refractivity contribution in [3.8, 4) is 11.1 Å². The average Bonchev–Trinajstić information content (AvgIpc) is 3.22. The van der Waals surface area contributed by atoms with Crippen molar-refractivity contribution in [1.82, 2.24) is 4.48 Å². The highest BCUT2D eigenvalue weighted by Crippen LogP contribution is 2.46. The van der Waals surface area contributed by atoms with Gasteiger partial charge in [-0.1, -0.05) is 84.4 Å². The summed E-state index contributed by atoms with van der Waals surface area (Å²) in [5.74, 6) is 0. The average molecular weight is 460 g/mol. The van der Waals surface area contributed by atoms with Crippen molar-refractivity contribution >= 4 is 56.6 Å². The number of aryl methyl sites for hydroxylation is 3. The second-order valence-electron chi connectivity index (χ2n) is 10.4. The molecule has 0 aliphatic carbocycles. The van der Waals surface area contributed by atoms with Crippen molar-refractivity contribution < 1.29 is 0 Å². The van der Waals surface area contributed by atoms with Crippen molar-refractivity contribution in [2.75, 3.05) is 4.90 Å². The molecule has 170 valence electrons. The lowest BCUT2D eigenvalue weighted by Crippen LogP contribution is -2.56. The molecule has 5 aromatic carbocycles. The van der Waals surface area contributed by atoms with Crippen molar-refractivity contribution in [3.05, 3.63) is 114 Å². The second kappa shape index (κ2) is 6.92. The number of hydrogen-bond acceptors (Lipinski definition) is 1. The molecule has 2 nitrogen and oxygen atoms in total. The Bertz CT molecular complexity index is 1870. The molecule has 3 heteroatoms. The lowest BCUT2D eigenvalue weighted by Gasteiger charge is -2.41. The fourth-order valence-electron chi connectivity index (χ4n) is 7.05. The van der Waals surface area contributed by atoms with E-state index in [2.05, 4.69) is 127 Å². The van der Waals surface area contributed by atoms with Gasteiger partial charge in [-0.05, 0) is 66.6 Å². The van der Waals surface area contributed by atoms with Crippen LogP contribution >= 0.6 is 0 Å². The first-order valence-electron chi connectivity index (χ1n) is 12.8. The first kappa shape index (κ1) is 20.0. The largest absolute Gasteiger partial charge is 0.375 e. The van der Waals surface area contributed by atoms with Crippen LogP contribution in [0.15, 0.2) is 97.1 Å². The molecule has 2 aliphatic heterocycles. The molecule has 3 heterocycles. The maximum absolute atomic E-state index is 2.61. The van der Waals surface area contributed by atoms with Gasteiger partial charge in [0.25, 0.3) is 0 Å². The Morgan fingerprint density at radius 2 is 1.28 bits per heavy atom. The summed E-state index contributed by atoms with van der Waals surface area (Å²) in [6.07, 6.45) is 0. The number of para-hydroxylation sites is 3. The number of anilines is 3. The number of nitrogens with zero attached hydrogens (tertiary/aromatic N) is 2. The number of hydrogen-bond donors (Lipinski definition) is 0. The smallest absolute Gasteiger partial charge is 0.333 e. The monoisotopic (exact) mass is 460 g/mol. The normalized spacial score (nSPS) is 13.3. The molecule has 0 spiro atoms. The Balaban J connectivity index is 1.56. The van der Waals surface area contributed by atoms with Crippen LogP contribution in [0.2, 0.25) is 0 Å². The van der Waals surface area contributed by atoms with E-state index >= 15 is 0 Å². The molecule has 0 bridgehead atoms. The zero-order valence-electron chi connectivity index (χ0n) is 20.7. The Kier molecular flexibility index (Phi) is 3.85. The van der Waals surface area contributed by atoms with Crippen molar-refractivity contribution in [1.29, 1.82) is 0 Å². The molecular weight excluding hydrogens is 435 g/mol. The summed E-state index contributed by atoms with van der Waals surface area (Å²) in [6.45, 7) is 6.82. The van der Waals surface area contributed by atoms with Crippen LogP contribution in [0.5, 0.6) is 0 Å². The Labute approximate surface area is 211 Å². The van der Waals surface area contributed by atoms with Crippen LogP contribution in [-0.2, 0) is 0 Å². The standard InChI is InChI=1S/C33H25BN2/c1-20-18-21(2)32(22(3)19-20)35-29-16-7-5-14-27(29)34-31-24(11-9-17-30(31)35)26-13-8-12-25-23-10-4-6-15-28(23)36(34)33(25)26/h4-19H,1-3H3. The van der Waals surface area contributed by atoms with Gasteiger partial charge in [0.1, 0.15) is 0 Å². The lowest BCUT2D eigenvalue weighted by atomic mass is 9.45. The third-order valence-electron chi connectivity index (χ3n) is 8.21. The van der Waals surface area contributed by atoms with Crippen molar-refractivity contribution in [2.45, 2.75) is 20.8 Å². The van der Waals surface area contributed by atoms with E-state index in [0.29, 0.717) is 0 Å². The fourth-order valence-corrected chi connectivity index (χ4v) is 7.05. The van der Waals surface area contributed by atoms with Gasteiger partial charge in [0.15, 0.2) is 0 Å². The summed E-state index contributed by atoms with van der Waals surface area (Å²) >= 11 is 0. The van der Waals surface area contributed by atoms with Crippen molar-refractivity contribution in [3.63, 3.8) is 0 Å². The summed E-state index contributed by atoms with van der Waals surface area (Å²) in [6, 6.07) is 36.2. The van der Waals surface area contributed by atoms with Gasteiger partial charge in [0, 0.05) is 38.7 Å². The molecule has 0 saturated carbocycles. The molecule has 36 heavy (non-hydrogen) atoms. The Morgan fingerprint density at radius 3 is 2.14 bits per heavy atom. The maximum Gasteiger partial charge on any atom is 0.333 e. The zero-order chi connectivity index (χ0) is 24.1. The quantitative estimate of drug-likeness (QED) is 0.237. The molecule has 0 N–H and O–H groups in total. The van der Waals surface area contributed by atoms with Crippen LogP contribution in [-0.4, -0.2) is 11.3 Å². The third-order valence-corrected chi connectivity index (χ3v) is 8.21. The van der Waals surface area contributed by atoms with Crippen LogP contribution in [0.1, 0.15) is 16.7 Å². The maximum atomic E-state index is 2.61. The summed E-state index contributed by atoms with van der Waals surface area (Å²) in [5, 5.41) is 2.66.